The van der Waals surface area contributed by atoms with E-state index in [4.69, 9.17) is 4.98 Å². The van der Waals surface area contributed by atoms with Crippen LogP contribution in [0.1, 0.15) is 76.7 Å². The first-order valence-corrected chi connectivity index (χ1v) is 11.3. The van der Waals surface area contributed by atoms with Crippen LogP contribution < -0.4 is 0 Å². The lowest BCUT2D eigenvalue weighted by molar-refractivity contribution is 0.539. The molecule has 2 heteroatoms. The smallest absolute Gasteiger partial charge is 0.141 e. The van der Waals surface area contributed by atoms with E-state index in [1.165, 1.54) is 80.9 Å². The molecular formula is C26H36N2. The summed E-state index contributed by atoms with van der Waals surface area (Å²) in [5.74, 6) is 1.12. The number of benzene rings is 2. The molecule has 0 amide bonds. The molecule has 2 aromatic carbocycles. The van der Waals surface area contributed by atoms with Crippen LogP contribution in [0.5, 0.6) is 0 Å². The van der Waals surface area contributed by atoms with Gasteiger partial charge in [-0.15, -0.1) is 0 Å². The molecule has 0 saturated carbocycles. The average Bonchev–Trinajstić information content (AvgIpc) is 3.08. The van der Waals surface area contributed by atoms with Crippen molar-refractivity contribution in [1.82, 2.24) is 9.55 Å². The molecule has 0 saturated heterocycles. The first-order chi connectivity index (χ1) is 13.8. The predicted octanol–water partition coefficient (Wildman–Crippen LogP) is 7.93. The Morgan fingerprint density at radius 2 is 1.32 bits per heavy atom. The molecule has 0 aliphatic rings. The molecule has 28 heavy (non-hydrogen) atoms. The number of aromatic nitrogens is 2. The third-order valence-corrected chi connectivity index (χ3v) is 5.78. The van der Waals surface area contributed by atoms with Crippen molar-refractivity contribution in [2.75, 3.05) is 0 Å². The fraction of sp³-hybridized carbons (Fsp3) is 0.500. The number of imidazole rings is 1. The van der Waals surface area contributed by atoms with Crippen LogP contribution in [0.15, 0.2) is 48.5 Å². The van der Waals surface area contributed by atoms with E-state index in [9.17, 15) is 0 Å². The van der Waals surface area contributed by atoms with Crippen LogP contribution in [0.3, 0.4) is 0 Å². The van der Waals surface area contributed by atoms with Crippen molar-refractivity contribution in [2.45, 2.75) is 84.6 Å². The van der Waals surface area contributed by atoms with Gasteiger partial charge in [0.05, 0.1) is 11.0 Å². The molecule has 0 fully saturated rings. The average molecular weight is 377 g/mol. The maximum absolute atomic E-state index is 4.97. The summed E-state index contributed by atoms with van der Waals surface area (Å²) in [5.41, 5.74) is 4.91. The van der Waals surface area contributed by atoms with E-state index in [1.807, 2.05) is 0 Å². The van der Waals surface area contributed by atoms with Gasteiger partial charge in [0.25, 0.3) is 0 Å². The lowest BCUT2D eigenvalue weighted by atomic mass is 10.1. The molecule has 1 aromatic heterocycles. The highest BCUT2D eigenvalue weighted by Gasteiger charge is 2.13. The number of unbranched alkanes of at least 4 members (excludes halogenated alkanes) is 9. The number of hydrogen-bond donors (Lipinski definition) is 0. The molecule has 0 N–H and O–H groups in total. The van der Waals surface area contributed by atoms with Crippen molar-refractivity contribution in [1.29, 1.82) is 0 Å². The first kappa shape index (κ1) is 20.6. The molecule has 0 unspecified atom stereocenters. The number of aryl methyl sites for hydroxylation is 2. The lowest BCUT2D eigenvalue weighted by Gasteiger charge is -2.11. The van der Waals surface area contributed by atoms with Gasteiger partial charge >= 0.3 is 0 Å². The maximum atomic E-state index is 4.97. The van der Waals surface area contributed by atoms with Crippen LogP contribution in [-0.2, 0) is 6.54 Å². The van der Waals surface area contributed by atoms with Gasteiger partial charge in [0.1, 0.15) is 5.82 Å². The van der Waals surface area contributed by atoms with Crippen molar-refractivity contribution in [3.8, 4) is 11.4 Å². The maximum Gasteiger partial charge on any atom is 0.141 e. The lowest BCUT2D eigenvalue weighted by Crippen LogP contribution is -2.02. The molecule has 0 radical (unpaired) electrons. The SMILES string of the molecule is CCCCCCCCCCCCn1c(-c2ccccc2C)nc2ccccc21. The zero-order valence-corrected chi connectivity index (χ0v) is 17.8. The van der Waals surface area contributed by atoms with Crippen LogP contribution in [0.2, 0.25) is 0 Å². The summed E-state index contributed by atoms with van der Waals surface area (Å²) in [6.07, 6.45) is 13.7. The van der Waals surface area contributed by atoms with Gasteiger partial charge in [-0.3, -0.25) is 0 Å². The summed E-state index contributed by atoms with van der Waals surface area (Å²) in [4.78, 5) is 4.97. The largest absolute Gasteiger partial charge is 0.324 e. The molecule has 2 nitrogen and oxygen atoms in total. The predicted molar refractivity (Wildman–Crippen MR) is 122 cm³/mol. The van der Waals surface area contributed by atoms with E-state index >= 15 is 0 Å². The summed E-state index contributed by atoms with van der Waals surface area (Å²) in [7, 11) is 0. The zero-order valence-electron chi connectivity index (χ0n) is 17.8. The van der Waals surface area contributed by atoms with Gasteiger partial charge in [0.15, 0.2) is 0 Å². The van der Waals surface area contributed by atoms with Gasteiger partial charge in [-0.2, -0.15) is 0 Å². The molecule has 3 rings (SSSR count). The number of para-hydroxylation sites is 2. The van der Waals surface area contributed by atoms with Crippen molar-refractivity contribution in [2.24, 2.45) is 0 Å². The van der Waals surface area contributed by atoms with E-state index in [1.54, 1.807) is 0 Å². The molecule has 0 bridgehead atoms. The molecule has 0 spiro atoms. The van der Waals surface area contributed by atoms with Crippen molar-refractivity contribution in [3.63, 3.8) is 0 Å². The van der Waals surface area contributed by atoms with Crippen LogP contribution in [0, 0.1) is 6.92 Å². The van der Waals surface area contributed by atoms with Gasteiger partial charge in [-0.25, -0.2) is 4.98 Å². The number of hydrogen-bond acceptors (Lipinski definition) is 1. The van der Waals surface area contributed by atoms with E-state index in [0.717, 1.165) is 17.9 Å². The third-order valence-electron chi connectivity index (χ3n) is 5.78. The Balaban J connectivity index is 1.56. The second-order valence-corrected chi connectivity index (χ2v) is 8.07. The van der Waals surface area contributed by atoms with Gasteiger partial charge in [-0.1, -0.05) is 101 Å². The summed E-state index contributed by atoms with van der Waals surface area (Å²) >= 11 is 0. The van der Waals surface area contributed by atoms with Gasteiger partial charge in [-0.05, 0) is 31.0 Å². The summed E-state index contributed by atoms with van der Waals surface area (Å²) in [5, 5.41) is 0. The van der Waals surface area contributed by atoms with E-state index < -0.39 is 0 Å². The van der Waals surface area contributed by atoms with E-state index in [-0.39, 0.29) is 0 Å². The zero-order chi connectivity index (χ0) is 19.6. The van der Waals surface area contributed by atoms with Crippen molar-refractivity contribution < 1.29 is 0 Å². The quantitative estimate of drug-likeness (QED) is 0.293. The molecule has 1 heterocycles. The summed E-state index contributed by atoms with van der Waals surface area (Å²) in [6, 6.07) is 17.2. The monoisotopic (exact) mass is 376 g/mol. The van der Waals surface area contributed by atoms with Crippen LogP contribution >= 0.6 is 0 Å². The van der Waals surface area contributed by atoms with E-state index in [2.05, 4.69) is 66.9 Å². The Bertz CT molecular complexity index is 847. The standard InChI is InChI=1S/C26H36N2/c1-3-4-5-6-7-8-9-10-11-16-21-28-25-20-15-14-19-24(25)27-26(28)23-18-13-12-17-22(23)2/h12-15,17-20H,3-11,16,21H2,1-2H3. The van der Waals surface area contributed by atoms with Gasteiger partial charge in [0.2, 0.25) is 0 Å². The van der Waals surface area contributed by atoms with Crippen molar-refractivity contribution in [3.05, 3.63) is 54.1 Å². The fourth-order valence-electron chi connectivity index (χ4n) is 4.09. The summed E-state index contributed by atoms with van der Waals surface area (Å²) in [6.45, 7) is 5.52. The highest BCUT2D eigenvalue weighted by atomic mass is 15.1. The number of nitrogens with zero attached hydrogens (tertiary/aromatic N) is 2. The highest BCUT2D eigenvalue weighted by molar-refractivity contribution is 5.81. The second-order valence-electron chi connectivity index (χ2n) is 8.07. The minimum absolute atomic E-state index is 1.06. The Hall–Kier alpha value is -2.09. The Labute approximate surface area is 171 Å². The third kappa shape index (κ3) is 5.47. The highest BCUT2D eigenvalue weighted by Crippen LogP contribution is 2.27. The summed E-state index contributed by atoms with van der Waals surface area (Å²) < 4.78 is 2.43. The van der Waals surface area contributed by atoms with Gasteiger partial charge < -0.3 is 4.57 Å². The molecule has 0 atom stereocenters. The van der Waals surface area contributed by atoms with E-state index in [0.29, 0.717) is 0 Å². The van der Waals surface area contributed by atoms with Crippen LogP contribution in [0.4, 0.5) is 0 Å². The molecule has 3 aromatic rings. The first-order valence-electron chi connectivity index (χ1n) is 11.3. The van der Waals surface area contributed by atoms with Crippen molar-refractivity contribution >= 4 is 11.0 Å². The Kier molecular flexibility index (Phi) is 8.14. The number of fused-ring (bicyclic) bond motifs is 1. The molecule has 150 valence electrons. The molecule has 0 aliphatic heterocycles. The molecule has 0 aliphatic carbocycles. The number of rotatable bonds is 12. The Morgan fingerprint density at radius 1 is 0.714 bits per heavy atom. The second kappa shape index (κ2) is 11.0. The minimum Gasteiger partial charge on any atom is -0.324 e. The topological polar surface area (TPSA) is 17.8 Å². The minimum atomic E-state index is 1.06. The van der Waals surface area contributed by atoms with Crippen LogP contribution in [0.25, 0.3) is 22.4 Å². The van der Waals surface area contributed by atoms with Gasteiger partial charge in [0, 0.05) is 12.1 Å². The molecular weight excluding hydrogens is 340 g/mol. The Morgan fingerprint density at radius 3 is 2.04 bits per heavy atom. The fourth-order valence-corrected chi connectivity index (χ4v) is 4.09. The normalized spacial score (nSPS) is 11.4. The van der Waals surface area contributed by atoms with Crippen LogP contribution in [-0.4, -0.2) is 9.55 Å².